The molecule has 60 heavy (non-hydrogen) atoms. The van der Waals surface area contributed by atoms with Gasteiger partial charge in [-0.15, -0.1) is 0 Å². The summed E-state index contributed by atoms with van der Waals surface area (Å²) >= 11 is 0. The Balaban J connectivity index is 1.07. The predicted octanol–water partition coefficient (Wildman–Crippen LogP) is 15.8. The van der Waals surface area contributed by atoms with Gasteiger partial charge in [0.05, 0.1) is 11.6 Å². The van der Waals surface area contributed by atoms with E-state index in [-0.39, 0.29) is 0 Å². The van der Waals surface area contributed by atoms with E-state index in [1.54, 1.807) is 0 Å². The van der Waals surface area contributed by atoms with Crippen molar-refractivity contribution in [1.82, 2.24) is 0 Å². The smallest absolute Gasteiger partial charge is 0.179 e. The Hall–Kier alpha value is -7.81. The summed E-state index contributed by atoms with van der Waals surface area (Å²) in [6.45, 7) is 8.67. The molecule has 11 aromatic rings. The van der Waals surface area contributed by atoms with Crippen molar-refractivity contribution in [3.63, 3.8) is 0 Å². The Morgan fingerprint density at radius 2 is 0.917 bits per heavy atom. The van der Waals surface area contributed by atoms with Gasteiger partial charge in [-0.25, -0.2) is 0 Å². The predicted molar refractivity (Wildman–Crippen MR) is 249 cm³/mol. The minimum atomic E-state index is 0.558. The summed E-state index contributed by atoms with van der Waals surface area (Å²) in [6, 6.07) is 60.0. The summed E-state index contributed by atoms with van der Waals surface area (Å²) < 4.78 is 13.5. The molecule has 2 heterocycles. The van der Waals surface area contributed by atoms with Crippen LogP contribution in [0.2, 0.25) is 0 Å². The van der Waals surface area contributed by atoms with Crippen LogP contribution in [0.25, 0.3) is 65.4 Å². The molecule has 0 aliphatic rings. The maximum absolute atomic E-state index is 10.6. The fraction of sp³-hybridized carbons (Fsp3) is 0.0727. The van der Waals surface area contributed by atoms with Crippen LogP contribution >= 0.6 is 0 Å². The molecule has 0 radical (unpaired) electrons. The molecule has 9 aromatic carbocycles. The third-order valence-electron chi connectivity index (χ3n) is 12.4. The minimum Gasteiger partial charge on any atom is -0.452 e. The Labute approximate surface area is 347 Å². The van der Waals surface area contributed by atoms with Crippen LogP contribution in [-0.2, 0) is 0 Å². The van der Waals surface area contributed by atoms with Gasteiger partial charge in [0.15, 0.2) is 11.2 Å². The number of nitriles is 1. The van der Waals surface area contributed by atoms with Crippen LogP contribution in [0.5, 0.6) is 0 Å². The highest BCUT2D eigenvalue weighted by Gasteiger charge is 2.23. The zero-order chi connectivity index (χ0) is 40.6. The van der Waals surface area contributed by atoms with Crippen LogP contribution in [0.4, 0.5) is 34.1 Å². The third-order valence-corrected chi connectivity index (χ3v) is 12.4. The van der Waals surface area contributed by atoms with E-state index in [4.69, 9.17) is 8.83 Å². The zero-order valence-electron chi connectivity index (χ0n) is 33.7. The van der Waals surface area contributed by atoms with Crippen LogP contribution in [0.15, 0.2) is 173 Å². The molecule has 0 N–H and O–H groups in total. The lowest BCUT2D eigenvalue weighted by molar-refractivity contribution is 0.634. The van der Waals surface area contributed by atoms with Gasteiger partial charge in [0, 0.05) is 55.7 Å². The minimum absolute atomic E-state index is 0.558. The van der Waals surface area contributed by atoms with Crippen LogP contribution in [-0.4, -0.2) is 0 Å². The second-order valence-corrected chi connectivity index (χ2v) is 15.9. The average molecular weight is 774 g/mol. The van der Waals surface area contributed by atoms with Gasteiger partial charge in [-0.2, -0.15) is 5.26 Å². The molecule has 0 fully saturated rings. The molecule has 2 aromatic heterocycles. The van der Waals surface area contributed by atoms with E-state index in [2.05, 4.69) is 189 Å². The second kappa shape index (κ2) is 13.7. The van der Waals surface area contributed by atoms with Gasteiger partial charge in [-0.3, -0.25) is 0 Å². The van der Waals surface area contributed by atoms with Crippen LogP contribution in [0.3, 0.4) is 0 Å². The molecule has 0 spiro atoms. The molecule has 0 unspecified atom stereocenters. The number of hydrogen-bond acceptors (Lipinski definition) is 5. The van der Waals surface area contributed by atoms with Crippen LogP contribution in [0, 0.1) is 39.0 Å². The maximum atomic E-state index is 10.6. The highest BCUT2D eigenvalue weighted by Crippen LogP contribution is 2.45. The lowest BCUT2D eigenvalue weighted by Crippen LogP contribution is -2.11. The number of nitrogens with zero attached hydrogens (tertiary/aromatic N) is 3. The zero-order valence-corrected chi connectivity index (χ0v) is 33.7. The standard InChI is InChI=1S/C55H39N3O2/c1-33-13-11-19-49(35(33)3)57(42-15-7-5-8-16-42)44-23-21-37-27-46-47-29-41(32-56)53-48-28-38-22-24-45(58(43-17-9-6-10-18-43)50-20-12-14-34(2)36(50)4)26-40(38)31-52(48)60-55(53)54(47)59-51(46)30-39(37)25-44/h5-31H,1-4H3. The fourth-order valence-corrected chi connectivity index (χ4v) is 8.96. The van der Waals surface area contributed by atoms with Crippen LogP contribution in [0.1, 0.15) is 27.8 Å². The maximum Gasteiger partial charge on any atom is 0.179 e. The van der Waals surface area contributed by atoms with E-state index in [1.807, 2.05) is 18.2 Å². The summed E-state index contributed by atoms with van der Waals surface area (Å²) in [6.07, 6.45) is 0. The molecule has 0 amide bonds. The van der Waals surface area contributed by atoms with Crippen LogP contribution < -0.4 is 9.80 Å². The molecule has 5 nitrogen and oxygen atoms in total. The van der Waals surface area contributed by atoms with E-state index in [0.717, 1.165) is 82.8 Å². The molecule has 0 aliphatic heterocycles. The first kappa shape index (κ1) is 35.4. The quantitative estimate of drug-likeness (QED) is 0.168. The number of aryl methyl sites for hydroxylation is 2. The van der Waals surface area contributed by atoms with Crippen molar-refractivity contribution in [2.24, 2.45) is 0 Å². The van der Waals surface area contributed by atoms with Gasteiger partial charge < -0.3 is 18.6 Å². The molecular formula is C55H39N3O2. The van der Waals surface area contributed by atoms with Crippen molar-refractivity contribution in [1.29, 1.82) is 5.26 Å². The Morgan fingerprint density at radius 1 is 0.417 bits per heavy atom. The molecule has 11 rings (SSSR count). The lowest BCUT2D eigenvalue weighted by atomic mass is 9.99. The van der Waals surface area contributed by atoms with Gasteiger partial charge in [-0.05, 0) is 162 Å². The summed E-state index contributed by atoms with van der Waals surface area (Å²) in [7, 11) is 0. The van der Waals surface area contributed by atoms with Crippen molar-refractivity contribution in [2.75, 3.05) is 9.80 Å². The summed E-state index contributed by atoms with van der Waals surface area (Å²) in [5, 5.41) is 18.3. The van der Waals surface area contributed by atoms with Gasteiger partial charge in [0.25, 0.3) is 0 Å². The molecule has 0 bridgehead atoms. The first-order chi connectivity index (χ1) is 29.3. The molecular weight excluding hydrogens is 735 g/mol. The van der Waals surface area contributed by atoms with Gasteiger partial charge in [0.2, 0.25) is 0 Å². The first-order valence-electron chi connectivity index (χ1n) is 20.3. The number of para-hydroxylation sites is 2. The number of anilines is 6. The average Bonchev–Trinajstić information content (AvgIpc) is 3.83. The van der Waals surface area contributed by atoms with Gasteiger partial charge in [-0.1, -0.05) is 72.8 Å². The van der Waals surface area contributed by atoms with Crippen molar-refractivity contribution in [3.05, 3.63) is 192 Å². The molecule has 286 valence electrons. The summed E-state index contributed by atoms with van der Waals surface area (Å²) in [4.78, 5) is 4.63. The Morgan fingerprint density at radius 3 is 1.45 bits per heavy atom. The van der Waals surface area contributed by atoms with Gasteiger partial charge in [0.1, 0.15) is 11.2 Å². The van der Waals surface area contributed by atoms with Crippen molar-refractivity contribution in [2.45, 2.75) is 27.7 Å². The second-order valence-electron chi connectivity index (χ2n) is 15.9. The summed E-state index contributed by atoms with van der Waals surface area (Å²) in [5.41, 5.74) is 14.7. The topological polar surface area (TPSA) is 56.6 Å². The number of benzene rings is 9. The monoisotopic (exact) mass is 773 g/mol. The molecule has 0 saturated heterocycles. The third kappa shape index (κ3) is 5.53. The number of fused-ring (bicyclic) bond motifs is 9. The van der Waals surface area contributed by atoms with E-state index >= 15 is 0 Å². The first-order valence-corrected chi connectivity index (χ1v) is 20.3. The molecule has 0 atom stereocenters. The SMILES string of the molecule is Cc1cccc(N(c2ccccc2)c2ccc3cc4c(cc3c2)oc2c4cc(C#N)c3c4cc5ccc(N(c6ccccc6)c6cccc(C)c6C)cc5cc4oc23)c1C. The Bertz CT molecular complexity index is 3560. The largest absolute Gasteiger partial charge is 0.452 e. The molecule has 0 aliphatic carbocycles. The lowest BCUT2D eigenvalue weighted by Gasteiger charge is -2.28. The number of rotatable bonds is 6. The van der Waals surface area contributed by atoms with E-state index < -0.39 is 0 Å². The van der Waals surface area contributed by atoms with Gasteiger partial charge >= 0.3 is 0 Å². The van der Waals surface area contributed by atoms with Crippen molar-refractivity contribution in [3.8, 4) is 6.07 Å². The van der Waals surface area contributed by atoms with Crippen molar-refractivity contribution < 1.29 is 8.83 Å². The van der Waals surface area contributed by atoms with E-state index in [0.29, 0.717) is 22.3 Å². The highest BCUT2D eigenvalue weighted by atomic mass is 16.4. The molecule has 5 heteroatoms. The van der Waals surface area contributed by atoms with E-state index in [1.165, 1.54) is 22.3 Å². The van der Waals surface area contributed by atoms with E-state index in [9.17, 15) is 5.26 Å². The summed E-state index contributed by atoms with van der Waals surface area (Å²) in [5.74, 6) is 0. The van der Waals surface area contributed by atoms with Crippen molar-refractivity contribution >= 4 is 99.5 Å². The number of furan rings is 2. The molecule has 0 saturated carbocycles. The fourth-order valence-electron chi connectivity index (χ4n) is 8.96. The highest BCUT2D eigenvalue weighted by molar-refractivity contribution is 6.23. The Kier molecular flexibility index (Phi) is 8.05. The number of hydrogen-bond donors (Lipinski definition) is 0. The normalized spacial score (nSPS) is 11.7.